The molecule has 0 aliphatic carbocycles. The van der Waals surface area contributed by atoms with Gasteiger partial charge in [0.1, 0.15) is 67.0 Å². The lowest BCUT2D eigenvalue weighted by Gasteiger charge is -2.28. The number of furan rings is 6. The third-order valence-electron chi connectivity index (χ3n) is 27.6. The predicted octanol–water partition coefficient (Wildman–Crippen LogP) is 38.1. The van der Waals surface area contributed by atoms with E-state index in [0.717, 1.165) is 205 Å². The first-order valence-corrected chi connectivity index (χ1v) is 47.0. The van der Waals surface area contributed by atoms with E-state index in [1.54, 1.807) is 0 Å². The number of rotatable bonds is 13. The van der Waals surface area contributed by atoms with Gasteiger partial charge in [0.15, 0.2) is 0 Å². The monoisotopic (exact) mass is 1780 g/mol. The molecule has 0 saturated carbocycles. The minimum Gasteiger partial charge on any atom is -0.456 e. The maximum atomic E-state index is 6.38. The summed E-state index contributed by atoms with van der Waals surface area (Å²) in [6, 6.07) is 173. The molecule has 0 atom stereocenters. The minimum absolute atomic E-state index is 0.867. The van der Waals surface area contributed by atoms with Gasteiger partial charge in [-0.2, -0.15) is 0 Å². The average Bonchev–Trinajstić information content (AvgIpc) is 1.72. The molecule has 29 aromatic rings. The van der Waals surface area contributed by atoms with Crippen molar-refractivity contribution in [1.82, 2.24) is 0 Å². The van der Waals surface area contributed by atoms with Gasteiger partial charge in [0, 0.05) is 133 Å². The van der Waals surface area contributed by atoms with Crippen LogP contribution in [0.5, 0.6) is 0 Å². The van der Waals surface area contributed by atoms with E-state index in [4.69, 9.17) is 26.5 Å². The summed E-state index contributed by atoms with van der Waals surface area (Å²) in [6.45, 7) is 0. The molecule has 652 valence electrons. The van der Waals surface area contributed by atoms with E-state index < -0.39 is 0 Å². The van der Waals surface area contributed by atoms with Gasteiger partial charge in [0.2, 0.25) is 0 Å². The Hall–Kier alpha value is -18.7. The maximum Gasteiger partial charge on any atom is 0.137 e. The molecule has 139 heavy (non-hydrogen) atoms. The van der Waals surface area contributed by atoms with Gasteiger partial charge in [0.05, 0.1) is 17.1 Å². The van der Waals surface area contributed by atoms with Crippen LogP contribution in [0.1, 0.15) is 0 Å². The highest BCUT2D eigenvalue weighted by Gasteiger charge is 2.26. The van der Waals surface area contributed by atoms with E-state index in [-0.39, 0.29) is 0 Å². The van der Waals surface area contributed by atoms with Gasteiger partial charge in [-0.05, 0) is 235 Å². The largest absolute Gasteiger partial charge is 0.456 e. The van der Waals surface area contributed by atoms with Gasteiger partial charge in [-0.25, -0.2) is 0 Å². The second-order valence-corrected chi connectivity index (χ2v) is 35.6. The molecule has 0 aliphatic rings. The molecule has 23 aromatic carbocycles. The molecule has 0 radical (unpaired) electrons. The molecular formula is C130H81N3O6. The zero-order valence-electron chi connectivity index (χ0n) is 75.1. The van der Waals surface area contributed by atoms with Crippen LogP contribution in [0.2, 0.25) is 0 Å². The fourth-order valence-corrected chi connectivity index (χ4v) is 21.0. The molecule has 0 amide bonds. The molecule has 0 aliphatic heterocycles. The van der Waals surface area contributed by atoms with Crippen LogP contribution in [0.15, 0.2) is 518 Å². The summed E-state index contributed by atoms with van der Waals surface area (Å²) in [5.74, 6) is 0. The summed E-state index contributed by atoms with van der Waals surface area (Å²) in [7, 11) is 0. The summed E-state index contributed by atoms with van der Waals surface area (Å²) in [5.41, 5.74) is 29.8. The van der Waals surface area contributed by atoms with Crippen LogP contribution < -0.4 is 14.7 Å². The second-order valence-electron chi connectivity index (χ2n) is 35.6. The van der Waals surface area contributed by atoms with E-state index in [2.05, 4.69) is 433 Å². The third kappa shape index (κ3) is 13.9. The van der Waals surface area contributed by atoms with Crippen molar-refractivity contribution in [2.24, 2.45) is 0 Å². The molecule has 0 bridgehead atoms. The van der Waals surface area contributed by atoms with Crippen LogP contribution in [0.3, 0.4) is 0 Å². The van der Waals surface area contributed by atoms with E-state index in [1.165, 1.54) is 65.5 Å². The average molecular weight is 1780 g/mol. The molecule has 6 heterocycles. The Morgan fingerprint density at radius 2 is 0.353 bits per heavy atom. The Labute approximate surface area is 797 Å². The lowest BCUT2D eigenvalue weighted by Crippen LogP contribution is -2.10. The van der Waals surface area contributed by atoms with Crippen LogP contribution in [0.25, 0.3) is 219 Å². The molecule has 0 N–H and O–H groups in total. The molecule has 0 spiro atoms. The topological polar surface area (TPSA) is 88.6 Å². The van der Waals surface area contributed by atoms with E-state index in [9.17, 15) is 0 Å². The zero-order chi connectivity index (χ0) is 91.5. The number of hydrogen-bond donors (Lipinski definition) is 0. The number of benzene rings is 23. The molecule has 0 fully saturated rings. The van der Waals surface area contributed by atoms with Gasteiger partial charge in [0.25, 0.3) is 0 Å². The van der Waals surface area contributed by atoms with Crippen molar-refractivity contribution >= 4 is 226 Å². The predicted molar refractivity (Wildman–Crippen MR) is 579 cm³/mol. The van der Waals surface area contributed by atoms with Gasteiger partial charge < -0.3 is 41.2 Å². The molecule has 9 nitrogen and oxygen atoms in total. The van der Waals surface area contributed by atoms with Crippen LogP contribution in [0, 0.1) is 0 Å². The molecule has 29 rings (SSSR count). The summed E-state index contributed by atoms with van der Waals surface area (Å²) in [5, 5.41) is 23.0. The van der Waals surface area contributed by atoms with Gasteiger partial charge in [-0.1, -0.05) is 309 Å². The van der Waals surface area contributed by atoms with Crippen molar-refractivity contribution in [2.75, 3.05) is 14.7 Å². The highest BCUT2D eigenvalue weighted by atomic mass is 16.3. The molecule has 0 unspecified atom stereocenters. The van der Waals surface area contributed by atoms with Gasteiger partial charge >= 0.3 is 0 Å². The minimum atomic E-state index is 0.867. The van der Waals surface area contributed by atoms with Gasteiger partial charge in [-0.3, -0.25) is 0 Å². The fraction of sp³-hybridized carbons (Fsp3) is 0. The first-order chi connectivity index (χ1) is 68.9. The Morgan fingerprint density at radius 1 is 0.115 bits per heavy atom. The molecule has 6 aromatic heterocycles. The van der Waals surface area contributed by atoms with Crippen molar-refractivity contribution < 1.29 is 26.5 Å². The summed E-state index contributed by atoms with van der Waals surface area (Å²) >= 11 is 0. The Balaban J connectivity index is 0.000000105. The van der Waals surface area contributed by atoms with Crippen molar-refractivity contribution in [3.8, 4) is 44.5 Å². The van der Waals surface area contributed by atoms with Gasteiger partial charge in [-0.15, -0.1) is 0 Å². The number of nitrogens with zero attached hydrogens (tertiary/aromatic N) is 3. The smallest absolute Gasteiger partial charge is 0.137 e. The van der Waals surface area contributed by atoms with Crippen LogP contribution in [-0.2, 0) is 0 Å². The standard InChI is InChI=1S/C46H29NO2.C44H27NO2.C40H25NO2/c1-2-10-30(11-3-1)31-18-21-33(22-19-31)47(34-23-24-40-38-14-6-8-16-43(38)49-46(40)29-34)42-26-25-35(36-12-4-5-13-37(36)42)32-20-27-45-41(28-32)39-15-7-9-17-44(39)48-45;1-2-10-29-25-31(19-17-28(29)9-1)45(32-20-21-38-36-13-5-7-15-41(36)47-44(38)27-32)40-23-22-33(34-11-3-4-12-35(34)40)30-18-24-43-39(26-30)37-14-6-8-16-42(37)46-43;1-2-10-27(11-3-1)41(28-19-20-34-32-14-6-8-16-37(32)43-40(34)25-28)36-22-21-29(30-12-4-5-13-31(30)36)26-18-23-39-35(24-26)33-15-7-9-17-38(33)42-39/h1-29H;1-27H;1-25H. The van der Waals surface area contributed by atoms with E-state index in [1.807, 2.05) is 72.8 Å². The molecule has 0 saturated heterocycles. The Morgan fingerprint density at radius 3 is 0.719 bits per heavy atom. The molecule has 9 heteroatoms. The SMILES string of the molecule is c1ccc(-c2ccc(N(c3ccc4c(c3)oc3ccccc34)c3ccc(-c4ccc5oc6ccccc6c5c4)c4ccccc34)cc2)cc1.c1ccc(N(c2ccc3c(c2)oc2ccccc23)c2ccc(-c3ccc4oc5ccccc5c4c3)c3ccccc23)cc1.c1ccc2cc(N(c3ccc4c(c3)oc3ccccc34)c3ccc(-c4ccc5oc6ccccc6c5c4)c4ccccc34)ccc2c1. The summed E-state index contributed by atoms with van der Waals surface area (Å²) in [4.78, 5) is 7.03. The fourth-order valence-electron chi connectivity index (χ4n) is 21.0. The van der Waals surface area contributed by atoms with Crippen molar-refractivity contribution in [3.05, 3.63) is 491 Å². The Bertz CT molecular complexity index is 9910. The highest BCUT2D eigenvalue weighted by molar-refractivity contribution is 6.17. The molecular weight excluding hydrogens is 1700 g/mol. The van der Waals surface area contributed by atoms with E-state index in [0.29, 0.717) is 0 Å². The quantitative estimate of drug-likeness (QED) is 0.112. The van der Waals surface area contributed by atoms with Crippen LogP contribution in [-0.4, -0.2) is 0 Å². The van der Waals surface area contributed by atoms with Crippen molar-refractivity contribution in [3.63, 3.8) is 0 Å². The third-order valence-corrected chi connectivity index (χ3v) is 27.6. The highest BCUT2D eigenvalue weighted by Crippen LogP contribution is 2.51. The van der Waals surface area contributed by atoms with E-state index >= 15 is 0 Å². The normalized spacial score (nSPS) is 11.7. The lowest BCUT2D eigenvalue weighted by molar-refractivity contribution is 0.668. The van der Waals surface area contributed by atoms with Crippen LogP contribution in [0.4, 0.5) is 51.2 Å². The number of anilines is 9. The number of fused-ring (bicyclic) bond motifs is 22. The summed E-state index contributed by atoms with van der Waals surface area (Å²) < 4.78 is 37.5. The number of hydrogen-bond acceptors (Lipinski definition) is 9. The maximum absolute atomic E-state index is 6.38. The first kappa shape index (κ1) is 80.0. The lowest BCUT2D eigenvalue weighted by atomic mass is 9.95. The Kier molecular flexibility index (Phi) is 19.1. The zero-order valence-corrected chi connectivity index (χ0v) is 75.1. The van der Waals surface area contributed by atoms with Crippen molar-refractivity contribution in [1.29, 1.82) is 0 Å². The van der Waals surface area contributed by atoms with Crippen LogP contribution >= 0.6 is 0 Å². The first-order valence-electron chi connectivity index (χ1n) is 47.0. The van der Waals surface area contributed by atoms with Crippen molar-refractivity contribution in [2.45, 2.75) is 0 Å². The summed E-state index contributed by atoms with van der Waals surface area (Å²) in [6.07, 6.45) is 0. The number of para-hydroxylation sites is 7. The second kappa shape index (κ2) is 33.2.